The summed E-state index contributed by atoms with van der Waals surface area (Å²) in [5.74, 6) is -1.20. The number of aliphatic imine (C=N–C) groups is 1. The third-order valence-electron chi connectivity index (χ3n) is 4.13. The molecular formula is C21H31N3O4. The quantitative estimate of drug-likeness (QED) is 0.303. The molecule has 1 aliphatic carbocycles. The summed E-state index contributed by atoms with van der Waals surface area (Å²) in [5, 5.41) is 8.27. The van der Waals surface area contributed by atoms with Crippen LogP contribution in [-0.2, 0) is 14.3 Å². The maximum absolute atomic E-state index is 10.7. The number of hydrogen-bond donors (Lipinski definition) is 2. The number of nitrogens with zero attached hydrogens (tertiary/aromatic N) is 2. The van der Waals surface area contributed by atoms with Gasteiger partial charge in [0, 0.05) is 31.9 Å². The normalized spacial score (nSPS) is 17.8. The molecule has 0 aromatic heterocycles. The third-order valence-corrected chi connectivity index (χ3v) is 4.13. The molecule has 1 heterocycles. The van der Waals surface area contributed by atoms with Crippen LogP contribution in [0.15, 0.2) is 65.5 Å². The highest BCUT2D eigenvalue weighted by Gasteiger charge is 2.30. The highest BCUT2D eigenvalue weighted by atomic mass is 16.7. The van der Waals surface area contributed by atoms with Gasteiger partial charge in [-0.05, 0) is 26.3 Å². The van der Waals surface area contributed by atoms with Gasteiger partial charge in [0.05, 0.1) is 19.4 Å². The highest BCUT2D eigenvalue weighted by Crippen LogP contribution is 2.23. The van der Waals surface area contributed by atoms with Gasteiger partial charge < -0.3 is 14.4 Å². The Morgan fingerprint density at radius 1 is 1.43 bits per heavy atom. The highest BCUT2D eigenvalue weighted by molar-refractivity contribution is 6.25. The zero-order valence-electron chi connectivity index (χ0n) is 16.9. The first-order valence-corrected chi connectivity index (χ1v) is 9.18. The summed E-state index contributed by atoms with van der Waals surface area (Å²) in [6.07, 6.45) is 16.5. The minimum atomic E-state index is -0.683. The fraction of sp³-hybridized carbons (Fsp3) is 0.429. The van der Waals surface area contributed by atoms with Crippen molar-refractivity contribution in [2.24, 2.45) is 4.99 Å². The van der Waals surface area contributed by atoms with Gasteiger partial charge in [0.15, 0.2) is 5.79 Å². The predicted octanol–water partition coefficient (Wildman–Crippen LogP) is 3.12. The second-order valence-corrected chi connectivity index (χ2v) is 6.53. The van der Waals surface area contributed by atoms with E-state index in [1.54, 1.807) is 6.08 Å². The number of carbonyl (C=O) groups excluding carboxylic acids is 1. The van der Waals surface area contributed by atoms with E-state index in [2.05, 4.69) is 48.9 Å². The average Bonchev–Trinajstić information content (AvgIpc) is 2.98. The first-order valence-electron chi connectivity index (χ1n) is 9.18. The molecule has 0 aromatic rings. The van der Waals surface area contributed by atoms with Crippen LogP contribution in [0.2, 0.25) is 0 Å². The van der Waals surface area contributed by atoms with E-state index in [-0.39, 0.29) is 0 Å². The first-order chi connectivity index (χ1) is 13.4. The molecule has 0 aromatic carbocycles. The maximum atomic E-state index is 10.7. The Labute approximate surface area is 167 Å². The topological polar surface area (TPSA) is 83.4 Å². The van der Waals surface area contributed by atoms with Gasteiger partial charge in [0.2, 0.25) is 0 Å². The van der Waals surface area contributed by atoms with Crippen LogP contribution in [0.5, 0.6) is 0 Å². The number of allylic oxidation sites excluding steroid dienone is 7. The summed E-state index contributed by atoms with van der Waals surface area (Å²) in [4.78, 5) is 16.3. The van der Waals surface area contributed by atoms with Crippen LogP contribution in [0.1, 0.15) is 26.7 Å². The number of hydrogen-bond acceptors (Lipinski definition) is 6. The molecule has 154 valence electrons. The van der Waals surface area contributed by atoms with E-state index in [1.165, 1.54) is 17.3 Å². The smallest absolute Gasteiger partial charge is 0.285 e. The zero-order valence-corrected chi connectivity index (χ0v) is 16.9. The second-order valence-electron chi connectivity index (χ2n) is 6.53. The molecule has 1 fully saturated rings. The monoisotopic (exact) mass is 389 g/mol. The van der Waals surface area contributed by atoms with Gasteiger partial charge in [-0.3, -0.25) is 15.0 Å². The number of nitrogens with one attached hydrogen (secondary N) is 1. The molecule has 0 unspecified atom stereocenters. The zero-order chi connectivity index (χ0) is 20.8. The SMILES string of the molecule is C=C(/C=C\N=CC(=O)NO)N(C)CCC1(C)OCCO1.CC1=CCC=CC=C1. The molecule has 0 spiro atoms. The number of rotatable bonds is 7. The summed E-state index contributed by atoms with van der Waals surface area (Å²) in [7, 11) is 1.90. The summed E-state index contributed by atoms with van der Waals surface area (Å²) in [5.41, 5.74) is 3.55. The van der Waals surface area contributed by atoms with E-state index >= 15 is 0 Å². The van der Waals surface area contributed by atoms with Crippen LogP contribution in [0, 0.1) is 0 Å². The van der Waals surface area contributed by atoms with Crippen molar-refractivity contribution in [1.29, 1.82) is 0 Å². The van der Waals surface area contributed by atoms with Crippen molar-refractivity contribution in [2.75, 3.05) is 26.8 Å². The van der Waals surface area contributed by atoms with Crippen LogP contribution >= 0.6 is 0 Å². The molecule has 2 N–H and O–H groups in total. The molecule has 2 aliphatic rings. The number of hydroxylamine groups is 1. The Morgan fingerprint density at radius 3 is 2.82 bits per heavy atom. The number of ether oxygens (including phenoxy) is 2. The fourth-order valence-electron chi connectivity index (χ4n) is 2.30. The van der Waals surface area contributed by atoms with E-state index in [0.29, 0.717) is 13.2 Å². The lowest BCUT2D eigenvalue weighted by Gasteiger charge is -2.26. The number of carbonyl (C=O) groups is 1. The Bertz CT molecular complexity index is 654. The van der Waals surface area contributed by atoms with E-state index < -0.39 is 11.7 Å². The van der Waals surface area contributed by atoms with Gasteiger partial charge in [0.25, 0.3) is 5.91 Å². The molecule has 1 aliphatic heterocycles. The molecule has 28 heavy (non-hydrogen) atoms. The Morgan fingerprint density at radius 2 is 2.14 bits per heavy atom. The summed E-state index contributed by atoms with van der Waals surface area (Å²) in [6.45, 7) is 9.91. The molecule has 2 rings (SSSR count). The largest absolute Gasteiger partial charge is 0.375 e. The van der Waals surface area contributed by atoms with Crippen molar-refractivity contribution in [2.45, 2.75) is 32.5 Å². The van der Waals surface area contributed by atoms with Crippen molar-refractivity contribution in [3.05, 3.63) is 60.5 Å². The van der Waals surface area contributed by atoms with Crippen molar-refractivity contribution in [3.63, 3.8) is 0 Å². The van der Waals surface area contributed by atoms with Crippen molar-refractivity contribution in [1.82, 2.24) is 10.4 Å². The van der Waals surface area contributed by atoms with E-state index in [1.807, 2.05) is 18.9 Å². The predicted molar refractivity (Wildman–Crippen MR) is 111 cm³/mol. The van der Waals surface area contributed by atoms with Crippen LogP contribution in [-0.4, -0.2) is 54.8 Å². The maximum Gasteiger partial charge on any atom is 0.285 e. The lowest BCUT2D eigenvalue weighted by atomic mass is 10.2. The van der Waals surface area contributed by atoms with Crippen molar-refractivity contribution >= 4 is 12.1 Å². The average molecular weight is 389 g/mol. The Hall–Kier alpha value is -2.48. The van der Waals surface area contributed by atoms with Crippen molar-refractivity contribution in [3.8, 4) is 0 Å². The summed E-state index contributed by atoms with van der Waals surface area (Å²) in [6, 6.07) is 0. The third kappa shape index (κ3) is 10.0. The van der Waals surface area contributed by atoms with Gasteiger partial charge in [-0.1, -0.05) is 42.5 Å². The van der Waals surface area contributed by atoms with Gasteiger partial charge in [-0.2, -0.15) is 0 Å². The van der Waals surface area contributed by atoms with E-state index in [9.17, 15) is 4.79 Å². The lowest BCUT2D eigenvalue weighted by Crippen LogP contribution is -2.31. The van der Waals surface area contributed by atoms with Crippen LogP contribution < -0.4 is 5.48 Å². The van der Waals surface area contributed by atoms with Crippen LogP contribution in [0.4, 0.5) is 0 Å². The molecule has 0 saturated carbocycles. The first kappa shape index (κ1) is 23.6. The fourth-order valence-corrected chi connectivity index (χ4v) is 2.30. The summed E-state index contributed by atoms with van der Waals surface area (Å²) >= 11 is 0. The standard InChI is InChI=1S/C13H21N3O4.C8H10/c1-11(4-6-14-10-12(17)15-18)16(3)7-5-13(2)19-8-9-20-13;1-8-6-4-2-3-5-7-8/h4,6,10,18H,1,5,7-9H2,2-3H3,(H,15,17);2-4,6-7H,5H2,1H3/b6-4-,14-10?;. The van der Waals surface area contributed by atoms with Gasteiger partial charge in [-0.25, -0.2) is 5.48 Å². The van der Waals surface area contributed by atoms with Crippen molar-refractivity contribution < 1.29 is 19.5 Å². The number of amides is 1. The lowest BCUT2D eigenvalue weighted by molar-refractivity contribution is -0.148. The van der Waals surface area contributed by atoms with E-state index in [0.717, 1.165) is 31.3 Å². The second kappa shape index (κ2) is 12.8. The minimum absolute atomic E-state index is 0.518. The molecular weight excluding hydrogens is 358 g/mol. The molecule has 1 amide bonds. The van der Waals surface area contributed by atoms with Gasteiger partial charge in [0.1, 0.15) is 0 Å². The Balaban J connectivity index is 0.000000406. The molecule has 0 radical (unpaired) electrons. The molecule has 0 bridgehead atoms. The molecule has 7 heteroatoms. The van der Waals surface area contributed by atoms with Gasteiger partial charge >= 0.3 is 0 Å². The van der Waals surface area contributed by atoms with Crippen LogP contribution in [0.25, 0.3) is 0 Å². The molecule has 1 saturated heterocycles. The van der Waals surface area contributed by atoms with E-state index in [4.69, 9.17) is 14.7 Å². The van der Waals surface area contributed by atoms with Crippen LogP contribution in [0.3, 0.4) is 0 Å². The number of likely N-dealkylation sites (N-methyl/N-ethyl adjacent to an activating group) is 1. The summed E-state index contributed by atoms with van der Waals surface area (Å²) < 4.78 is 11.0. The van der Waals surface area contributed by atoms with Gasteiger partial charge in [-0.15, -0.1) is 0 Å². The molecule has 0 atom stereocenters. The minimum Gasteiger partial charge on any atom is -0.375 e. The molecule has 7 nitrogen and oxygen atoms in total. The Kier molecular flexibility index (Phi) is 10.8.